The van der Waals surface area contributed by atoms with Crippen LogP contribution in [0, 0.1) is 0 Å². The SMILES string of the molecule is COc1cccc(OC)c1OCCCCN1CCCCC1C1(O)CC1. The summed E-state index contributed by atoms with van der Waals surface area (Å²) in [6, 6.07) is 6.03. The summed E-state index contributed by atoms with van der Waals surface area (Å²) in [5.41, 5.74) is -0.387. The Morgan fingerprint density at radius 1 is 1.12 bits per heavy atom. The van der Waals surface area contributed by atoms with Gasteiger partial charge in [-0.3, -0.25) is 4.90 Å². The fourth-order valence-corrected chi connectivity index (χ4v) is 3.88. The minimum absolute atomic E-state index is 0.372. The molecule has 0 amide bonds. The first-order valence-electron chi connectivity index (χ1n) is 9.48. The zero-order chi connectivity index (χ0) is 17.7. The summed E-state index contributed by atoms with van der Waals surface area (Å²) in [6.07, 6.45) is 7.65. The largest absolute Gasteiger partial charge is 0.493 e. The third-order valence-corrected chi connectivity index (χ3v) is 5.46. The Hall–Kier alpha value is -1.46. The Morgan fingerprint density at radius 2 is 1.84 bits per heavy atom. The fourth-order valence-electron chi connectivity index (χ4n) is 3.88. The first kappa shape index (κ1) is 18.3. The molecule has 1 saturated carbocycles. The van der Waals surface area contributed by atoms with Crippen molar-refractivity contribution in [1.82, 2.24) is 4.90 Å². The molecular formula is C20H31NO4. The highest BCUT2D eigenvalue weighted by Crippen LogP contribution is 2.44. The molecule has 0 bridgehead atoms. The number of para-hydroxylation sites is 1. The van der Waals surface area contributed by atoms with Crippen LogP contribution in [0.4, 0.5) is 0 Å². The summed E-state index contributed by atoms with van der Waals surface area (Å²) in [4.78, 5) is 2.50. The summed E-state index contributed by atoms with van der Waals surface area (Å²) in [5, 5.41) is 10.5. The van der Waals surface area contributed by atoms with Gasteiger partial charge in [0.15, 0.2) is 11.5 Å². The third-order valence-electron chi connectivity index (χ3n) is 5.46. The number of piperidine rings is 1. The van der Waals surface area contributed by atoms with Crippen LogP contribution in [-0.4, -0.2) is 55.6 Å². The van der Waals surface area contributed by atoms with E-state index in [4.69, 9.17) is 14.2 Å². The number of aliphatic hydroxyl groups is 1. The van der Waals surface area contributed by atoms with E-state index >= 15 is 0 Å². The predicted octanol–water partition coefficient (Wildman–Crippen LogP) is 3.24. The molecular weight excluding hydrogens is 318 g/mol. The molecule has 1 aliphatic heterocycles. The number of methoxy groups -OCH3 is 2. The van der Waals surface area contributed by atoms with Gasteiger partial charge in [-0.1, -0.05) is 12.5 Å². The van der Waals surface area contributed by atoms with E-state index in [2.05, 4.69) is 4.90 Å². The van der Waals surface area contributed by atoms with Crippen LogP contribution in [0.3, 0.4) is 0 Å². The zero-order valence-electron chi connectivity index (χ0n) is 15.5. The molecule has 1 aliphatic carbocycles. The smallest absolute Gasteiger partial charge is 0.203 e. The average molecular weight is 349 g/mol. The van der Waals surface area contributed by atoms with E-state index in [1.807, 2.05) is 18.2 Å². The average Bonchev–Trinajstić information content (AvgIpc) is 3.40. The lowest BCUT2D eigenvalue weighted by molar-refractivity contribution is 0.00697. The molecule has 1 aromatic carbocycles. The van der Waals surface area contributed by atoms with Gasteiger partial charge in [-0.2, -0.15) is 0 Å². The van der Waals surface area contributed by atoms with Gasteiger partial charge in [0.2, 0.25) is 5.75 Å². The fraction of sp³-hybridized carbons (Fsp3) is 0.700. The second-order valence-electron chi connectivity index (χ2n) is 7.20. The van der Waals surface area contributed by atoms with Gasteiger partial charge in [-0.05, 0) is 63.7 Å². The van der Waals surface area contributed by atoms with E-state index in [1.165, 1.54) is 12.8 Å². The van der Waals surface area contributed by atoms with Crippen molar-refractivity contribution in [1.29, 1.82) is 0 Å². The summed E-state index contributed by atoms with van der Waals surface area (Å²) in [7, 11) is 3.28. The number of likely N-dealkylation sites (tertiary alicyclic amines) is 1. The molecule has 1 aromatic rings. The molecule has 25 heavy (non-hydrogen) atoms. The lowest BCUT2D eigenvalue weighted by atomic mass is 9.95. The molecule has 1 N–H and O–H groups in total. The van der Waals surface area contributed by atoms with Gasteiger partial charge < -0.3 is 19.3 Å². The van der Waals surface area contributed by atoms with Crippen LogP contribution in [0.15, 0.2) is 18.2 Å². The summed E-state index contributed by atoms with van der Waals surface area (Å²) in [6.45, 7) is 2.80. The Bertz CT molecular complexity index is 536. The van der Waals surface area contributed by atoms with Crippen molar-refractivity contribution in [2.45, 2.75) is 56.6 Å². The highest BCUT2D eigenvalue weighted by atomic mass is 16.5. The topological polar surface area (TPSA) is 51.2 Å². The first-order chi connectivity index (χ1) is 12.2. The van der Waals surface area contributed by atoms with Gasteiger partial charge in [-0.25, -0.2) is 0 Å². The standard InChI is InChI=1S/C20H31NO4/c1-23-16-8-7-9-17(24-2)19(16)25-15-6-5-14-21-13-4-3-10-18(21)20(22)11-12-20/h7-9,18,22H,3-6,10-15H2,1-2H3. The second kappa shape index (κ2) is 8.28. The third kappa shape index (κ3) is 4.39. The summed E-state index contributed by atoms with van der Waals surface area (Å²) < 4.78 is 16.6. The van der Waals surface area contributed by atoms with Crippen LogP contribution in [0.2, 0.25) is 0 Å². The first-order valence-corrected chi connectivity index (χ1v) is 9.48. The molecule has 1 saturated heterocycles. The van der Waals surface area contributed by atoms with E-state index < -0.39 is 0 Å². The van der Waals surface area contributed by atoms with Gasteiger partial charge in [-0.15, -0.1) is 0 Å². The van der Waals surface area contributed by atoms with E-state index in [0.717, 1.165) is 45.2 Å². The minimum Gasteiger partial charge on any atom is -0.493 e. The van der Waals surface area contributed by atoms with Crippen molar-refractivity contribution in [3.05, 3.63) is 18.2 Å². The number of ether oxygens (including phenoxy) is 3. The monoisotopic (exact) mass is 349 g/mol. The van der Waals surface area contributed by atoms with Gasteiger partial charge >= 0.3 is 0 Å². The lowest BCUT2D eigenvalue weighted by Crippen LogP contribution is -2.48. The van der Waals surface area contributed by atoms with Crippen molar-refractivity contribution in [3.8, 4) is 17.2 Å². The van der Waals surface area contributed by atoms with Crippen LogP contribution in [0.5, 0.6) is 17.2 Å². The minimum atomic E-state index is -0.387. The Balaban J connectivity index is 1.44. The van der Waals surface area contributed by atoms with Gasteiger partial charge in [0, 0.05) is 6.04 Å². The number of rotatable bonds is 9. The number of benzene rings is 1. The van der Waals surface area contributed by atoms with Gasteiger partial charge in [0.05, 0.1) is 26.4 Å². The molecule has 0 radical (unpaired) electrons. The van der Waals surface area contributed by atoms with E-state index in [1.54, 1.807) is 14.2 Å². The van der Waals surface area contributed by atoms with Crippen LogP contribution in [0.25, 0.3) is 0 Å². The number of hydrogen-bond donors (Lipinski definition) is 1. The molecule has 5 nitrogen and oxygen atoms in total. The molecule has 1 heterocycles. The number of nitrogens with zero attached hydrogens (tertiary/aromatic N) is 1. The van der Waals surface area contributed by atoms with Crippen molar-refractivity contribution in [2.24, 2.45) is 0 Å². The molecule has 0 aromatic heterocycles. The molecule has 2 aliphatic rings. The zero-order valence-corrected chi connectivity index (χ0v) is 15.5. The molecule has 0 spiro atoms. The molecule has 1 unspecified atom stereocenters. The molecule has 5 heteroatoms. The van der Waals surface area contributed by atoms with Gasteiger partial charge in [0.25, 0.3) is 0 Å². The normalized spacial score (nSPS) is 22.4. The van der Waals surface area contributed by atoms with E-state index in [9.17, 15) is 5.11 Å². The number of unbranched alkanes of at least 4 members (excludes halogenated alkanes) is 1. The molecule has 140 valence electrons. The van der Waals surface area contributed by atoms with Crippen molar-refractivity contribution in [2.75, 3.05) is 33.9 Å². The maximum atomic E-state index is 10.5. The summed E-state index contributed by atoms with van der Waals surface area (Å²) in [5.74, 6) is 2.08. The quantitative estimate of drug-likeness (QED) is 0.694. The highest BCUT2D eigenvalue weighted by Gasteiger charge is 2.50. The van der Waals surface area contributed by atoms with Crippen LogP contribution >= 0.6 is 0 Å². The maximum Gasteiger partial charge on any atom is 0.203 e. The Kier molecular flexibility index (Phi) is 6.07. The van der Waals surface area contributed by atoms with E-state index in [-0.39, 0.29) is 5.60 Å². The van der Waals surface area contributed by atoms with Gasteiger partial charge in [0.1, 0.15) is 0 Å². The highest BCUT2D eigenvalue weighted by molar-refractivity contribution is 5.51. The number of hydrogen-bond acceptors (Lipinski definition) is 5. The molecule has 1 atom stereocenters. The predicted molar refractivity (Wildman–Crippen MR) is 97.7 cm³/mol. The van der Waals surface area contributed by atoms with Crippen LogP contribution < -0.4 is 14.2 Å². The molecule has 2 fully saturated rings. The second-order valence-corrected chi connectivity index (χ2v) is 7.20. The van der Waals surface area contributed by atoms with Crippen molar-refractivity contribution < 1.29 is 19.3 Å². The summed E-state index contributed by atoms with van der Waals surface area (Å²) >= 11 is 0. The lowest BCUT2D eigenvalue weighted by Gasteiger charge is -2.39. The maximum absolute atomic E-state index is 10.5. The van der Waals surface area contributed by atoms with E-state index in [0.29, 0.717) is 29.9 Å². The van der Waals surface area contributed by atoms with Crippen LogP contribution in [0.1, 0.15) is 44.9 Å². The molecule has 3 rings (SSSR count). The Morgan fingerprint density at radius 3 is 2.48 bits per heavy atom. The Labute approximate surface area is 150 Å². The van der Waals surface area contributed by atoms with Crippen LogP contribution in [-0.2, 0) is 0 Å². The van der Waals surface area contributed by atoms with Crippen molar-refractivity contribution in [3.63, 3.8) is 0 Å². The van der Waals surface area contributed by atoms with Crippen molar-refractivity contribution >= 4 is 0 Å².